The molecule has 0 aromatic carbocycles. The van der Waals surface area contributed by atoms with Crippen molar-refractivity contribution in [2.75, 3.05) is 14.2 Å². The van der Waals surface area contributed by atoms with E-state index in [2.05, 4.69) is 19.6 Å². The fraction of sp³-hybridized carbons (Fsp3) is 0.600. The molecule has 1 saturated carbocycles. The molecule has 0 aliphatic heterocycles. The molecule has 0 amide bonds. The maximum Gasteiger partial charge on any atom is 0.320 e. The van der Waals surface area contributed by atoms with Crippen LogP contribution in [0, 0.1) is 23.2 Å². The van der Waals surface area contributed by atoms with Gasteiger partial charge in [0.2, 0.25) is 0 Å². The van der Waals surface area contributed by atoms with Crippen molar-refractivity contribution in [2.45, 2.75) is 19.8 Å². The van der Waals surface area contributed by atoms with Gasteiger partial charge in [0.25, 0.3) is 0 Å². The quantitative estimate of drug-likeness (QED) is 0.445. The Labute approximate surface area is 113 Å². The van der Waals surface area contributed by atoms with E-state index in [0.29, 0.717) is 0 Å². The third kappa shape index (κ3) is 2.09. The normalized spacial score (nSPS) is 32.5. The second-order valence-electron chi connectivity index (χ2n) is 5.60. The summed E-state index contributed by atoms with van der Waals surface area (Å²) in [5.74, 6) is -2.06. The Kier molecular flexibility index (Phi) is 3.52. The topological polar surface area (TPSA) is 52.6 Å². The van der Waals surface area contributed by atoms with Crippen molar-refractivity contribution in [2.24, 2.45) is 23.2 Å². The smallest absolute Gasteiger partial charge is 0.320 e. The first-order valence-electron chi connectivity index (χ1n) is 6.47. The molecule has 104 valence electrons. The van der Waals surface area contributed by atoms with Crippen LogP contribution in [0.2, 0.25) is 0 Å². The van der Waals surface area contributed by atoms with Crippen LogP contribution in [-0.2, 0) is 19.1 Å². The highest BCUT2D eigenvalue weighted by Gasteiger charge is 2.52. The molecule has 3 atom stereocenters. The molecule has 19 heavy (non-hydrogen) atoms. The minimum Gasteiger partial charge on any atom is -0.468 e. The maximum absolute atomic E-state index is 11.9. The lowest BCUT2D eigenvalue weighted by Gasteiger charge is -2.30. The van der Waals surface area contributed by atoms with Crippen molar-refractivity contribution in [3.05, 3.63) is 24.3 Å². The van der Waals surface area contributed by atoms with E-state index in [1.54, 1.807) is 0 Å². The monoisotopic (exact) mass is 264 g/mol. The molecule has 4 nitrogen and oxygen atoms in total. The molecule has 1 fully saturated rings. The maximum atomic E-state index is 11.9. The van der Waals surface area contributed by atoms with Gasteiger partial charge in [0.15, 0.2) is 5.92 Å². The van der Waals surface area contributed by atoms with Crippen LogP contribution in [0.3, 0.4) is 0 Å². The van der Waals surface area contributed by atoms with E-state index >= 15 is 0 Å². The third-order valence-electron chi connectivity index (χ3n) is 4.51. The van der Waals surface area contributed by atoms with E-state index in [0.717, 1.165) is 18.4 Å². The van der Waals surface area contributed by atoms with Gasteiger partial charge in [-0.15, -0.1) is 0 Å². The zero-order valence-electron chi connectivity index (χ0n) is 11.6. The molecule has 0 heterocycles. The standard InChI is InChI=1S/C15H20O4/c1-9-5-7-15(2)8-6-10(12(9)15)11(13(16)18-3)14(17)19-4/h6,8,10-12H,1,5,7H2,2-4H3/t10-,12-,15+/m1/s1. The molecule has 4 heteroatoms. The van der Waals surface area contributed by atoms with E-state index in [4.69, 9.17) is 9.47 Å². The summed E-state index contributed by atoms with van der Waals surface area (Å²) in [7, 11) is 2.58. The number of hydrogen-bond donors (Lipinski definition) is 0. The van der Waals surface area contributed by atoms with Crippen molar-refractivity contribution in [1.29, 1.82) is 0 Å². The minimum atomic E-state index is -0.895. The molecular weight excluding hydrogens is 244 g/mol. The van der Waals surface area contributed by atoms with Gasteiger partial charge in [0.1, 0.15) is 0 Å². The van der Waals surface area contributed by atoms with Crippen LogP contribution in [0.4, 0.5) is 0 Å². The summed E-state index contributed by atoms with van der Waals surface area (Å²) in [6.07, 6.45) is 6.02. The lowest BCUT2D eigenvalue weighted by Crippen LogP contribution is -2.37. The number of esters is 2. The average Bonchev–Trinajstić information content (AvgIpc) is 2.88. The first kappa shape index (κ1) is 13.8. The molecule has 0 saturated heterocycles. The van der Waals surface area contributed by atoms with E-state index in [1.807, 2.05) is 6.08 Å². The van der Waals surface area contributed by atoms with E-state index < -0.39 is 17.9 Å². The molecule has 0 aromatic rings. The van der Waals surface area contributed by atoms with Crippen molar-refractivity contribution in [3.63, 3.8) is 0 Å². The number of methoxy groups -OCH3 is 2. The Morgan fingerprint density at radius 3 is 2.47 bits per heavy atom. The van der Waals surface area contributed by atoms with Crippen LogP contribution in [-0.4, -0.2) is 26.2 Å². The molecular formula is C15H20O4. The van der Waals surface area contributed by atoms with E-state index in [1.165, 1.54) is 14.2 Å². The number of fused-ring (bicyclic) bond motifs is 1. The first-order valence-corrected chi connectivity index (χ1v) is 6.47. The summed E-state index contributed by atoms with van der Waals surface area (Å²) < 4.78 is 9.52. The summed E-state index contributed by atoms with van der Waals surface area (Å²) in [6, 6.07) is 0. The Balaban J connectivity index is 2.33. The number of allylic oxidation sites excluding steroid dienone is 3. The second kappa shape index (κ2) is 4.83. The summed E-state index contributed by atoms with van der Waals surface area (Å²) in [6.45, 7) is 6.25. The lowest BCUT2D eigenvalue weighted by molar-refractivity contribution is -0.161. The van der Waals surface area contributed by atoms with Crippen LogP contribution in [0.25, 0.3) is 0 Å². The highest BCUT2D eigenvalue weighted by Crippen LogP contribution is 2.56. The van der Waals surface area contributed by atoms with Crippen LogP contribution < -0.4 is 0 Å². The highest BCUT2D eigenvalue weighted by atomic mass is 16.5. The van der Waals surface area contributed by atoms with Gasteiger partial charge in [-0.2, -0.15) is 0 Å². The molecule has 2 aliphatic carbocycles. The highest BCUT2D eigenvalue weighted by molar-refractivity contribution is 5.95. The van der Waals surface area contributed by atoms with Crippen molar-refractivity contribution in [3.8, 4) is 0 Å². The van der Waals surface area contributed by atoms with Crippen molar-refractivity contribution < 1.29 is 19.1 Å². The van der Waals surface area contributed by atoms with Crippen LogP contribution in [0.15, 0.2) is 24.3 Å². The minimum absolute atomic E-state index is 0.00203. The van der Waals surface area contributed by atoms with Gasteiger partial charge < -0.3 is 9.47 Å². The number of carbonyl (C=O) groups excluding carboxylic acids is 2. The Morgan fingerprint density at radius 1 is 1.37 bits per heavy atom. The van der Waals surface area contributed by atoms with Crippen LogP contribution in [0.5, 0.6) is 0 Å². The molecule has 0 spiro atoms. The third-order valence-corrected chi connectivity index (χ3v) is 4.51. The molecule has 2 aliphatic rings. The van der Waals surface area contributed by atoms with E-state index in [9.17, 15) is 9.59 Å². The fourth-order valence-corrected chi connectivity index (χ4v) is 3.52. The van der Waals surface area contributed by atoms with Crippen LogP contribution in [0.1, 0.15) is 19.8 Å². The molecule has 0 unspecified atom stereocenters. The van der Waals surface area contributed by atoms with Gasteiger partial charge in [0.05, 0.1) is 14.2 Å². The van der Waals surface area contributed by atoms with Crippen molar-refractivity contribution in [1.82, 2.24) is 0 Å². The van der Waals surface area contributed by atoms with Gasteiger partial charge in [0, 0.05) is 5.92 Å². The fourth-order valence-electron chi connectivity index (χ4n) is 3.52. The Hall–Kier alpha value is -1.58. The Bertz CT molecular complexity index is 435. The summed E-state index contributed by atoms with van der Waals surface area (Å²) in [5, 5.41) is 0. The predicted molar refractivity (Wildman–Crippen MR) is 70.1 cm³/mol. The van der Waals surface area contributed by atoms with Gasteiger partial charge in [-0.05, 0) is 24.2 Å². The summed E-state index contributed by atoms with van der Waals surface area (Å²) in [5.41, 5.74) is 1.11. The van der Waals surface area contributed by atoms with Gasteiger partial charge in [-0.3, -0.25) is 9.59 Å². The molecule has 0 bridgehead atoms. The zero-order chi connectivity index (χ0) is 14.2. The lowest BCUT2D eigenvalue weighted by atomic mass is 9.73. The average molecular weight is 264 g/mol. The second-order valence-corrected chi connectivity index (χ2v) is 5.60. The first-order chi connectivity index (χ1) is 8.94. The zero-order valence-corrected chi connectivity index (χ0v) is 11.6. The summed E-state index contributed by atoms with van der Waals surface area (Å²) >= 11 is 0. The molecule has 0 radical (unpaired) electrons. The molecule has 0 N–H and O–H groups in total. The van der Waals surface area contributed by atoms with E-state index in [-0.39, 0.29) is 17.3 Å². The number of hydrogen-bond acceptors (Lipinski definition) is 4. The molecule has 0 aromatic heterocycles. The number of carbonyl (C=O) groups is 2. The molecule has 2 rings (SSSR count). The predicted octanol–water partition coefficient (Wildman–Crippen LogP) is 2.11. The SMILES string of the molecule is C=C1CC[C@@]2(C)C=C[C@H](C(C(=O)OC)C(=O)OC)[C@@H]12. The number of ether oxygens (including phenoxy) is 2. The van der Waals surface area contributed by atoms with Gasteiger partial charge >= 0.3 is 11.9 Å². The largest absolute Gasteiger partial charge is 0.468 e. The summed E-state index contributed by atoms with van der Waals surface area (Å²) in [4.78, 5) is 23.8. The van der Waals surface area contributed by atoms with Gasteiger partial charge in [-0.25, -0.2) is 0 Å². The number of rotatable bonds is 3. The van der Waals surface area contributed by atoms with Gasteiger partial charge in [-0.1, -0.05) is 31.2 Å². The van der Waals surface area contributed by atoms with Crippen LogP contribution >= 0.6 is 0 Å². The Morgan fingerprint density at radius 2 is 1.95 bits per heavy atom. The van der Waals surface area contributed by atoms with Crippen molar-refractivity contribution >= 4 is 11.9 Å².